The van der Waals surface area contributed by atoms with Gasteiger partial charge in [-0.1, -0.05) is 0 Å². The Kier molecular flexibility index (Phi) is 4.60. The molecule has 0 saturated carbocycles. The number of carbonyl (C=O) groups excluding carboxylic acids is 1. The third kappa shape index (κ3) is 3.14. The molecule has 0 N–H and O–H groups in total. The molecule has 0 atom stereocenters. The van der Waals surface area contributed by atoms with E-state index in [9.17, 15) is 4.79 Å². The lowest BCUT2D eigenvalue weighted by atomic mass is 10.2. The quantitative estimate of drug-likeness (QED) is 0.837. The molecule has 5 nitrogen and oxygen atoms in total. The van der Waals surface area contributed by atoms with Gasteiger partial charge in [-0.2, -0.15) is 0 Å². The van der Waals surface area contributed by atoms with Crippen LogP contribution in [0.5, 0.6) is 0 Å². The molecule has 0 unspecified atom stereocenters. The topological polar surface area (TPSA) is 37.7 Å². The maximum absolute atomic E-state index is 12.7. The Morgan fingerprint density at radius 2 is 2.00 bits per heavy atom. The second kappa shape index (κ2) is 6.62. The predicted molar refractivity (Wildman–Crippen MR) is 81.6 cm³/mol. The van der Waals surface area contributed by atoms with Crippen molar-refractivity contribution >= 4 is 5.91 Å². The summed E-state index contributed by atoms with van der Waals surface area (Å²) >= 11 is 0. The van der Waals surface area contributed by atoms with E-state index in [1.165, 1.54) is 5.69 Å². The Bertz CT molecular complexity index is 492. The van der Waals surface area contributed by atoms with E-state index in [-0.39, 0.29) is 5.91 Å². The summed E-state index contributed by atoms with van der Waals surface area (Å²) in [6.07, 6.45) is 4.12. The van der Waals surface area contributed by atoms with Crippen molar-refractivity contribution < 1.29 is 9.53 Å². The average Bonchev–Trinajstić information content (AvgIpc) is 2.87. The molecule has 0 spiro atoms. The van der Waals surface area contributed by atoms with Crippen LogP contribution in [-0.2, 0) is 17.7 Å². The summed E-state index contributed by atoms with van der Waals surface area (Å²) in [6, 6.07) is 1.99. The van der Waals surface area contributed by atoms with E-state index in [0.717, 1.165) is 70.9 Å². The van der Waals surface area contributed by atoms with Crippen LogP contribution in [0, 0.1) is 0 Å². The van der Waals surface area contributed by atoms with Crippen molar-refractivity contribution in [1.29, 1.82) is 0 Å². The number of hydrogen-bond donors (Lipinski definition) is 0. The van der Waals surface area contributed by atoms with Crippen LogP contribution >= 0.6 is 0 Å². The normalized spacial score (nSPS) is 20.4. The molecule has 0 aromatic carbocycles. The number of fused-ring (bicyclic) bond motifs is 1. The van der Waals surface area contributed by atoms with Crippen LogP contribution < -0.4 is 0 Å². The maximum Gasteiger partial charge on any atom is 0.255 e. The van der Waals surface area contributed by atoms with Gasteiger partial charge in [0.2, 0.25) is 0 Å². The fourth-order valence-corrected chi connectivity index (χ4v) is 3.28. The van der Waals surface area contributed by atoms with E-state index in [4.69, 9.17) is 4.74 Å². The van der Waals surface area contributed by atoms with Gasteiger partial charge in [0.05, 0.1) is 18.8 Å². The smallest absolute Gasteiger partial charge is 0.255 e. The van der Waals surface area contributed by atoms with Gasteiger partial charge in [-0.25, -0.2) is 0 Å². The second-order valence-electron chi connectivity index (χ2n) is 5.81. The Balaban J connectivity index is 1.64. The number of ether oxygens (including phenoxy) is 1. The minimum absolute atomic E-state index is 0.211. The summed E-state index contributed by atoms with van der Waals surface area (Å²) in [7, 11) is 0. The molecule has 21 heavy (non-hydrogen) atoms. The van der Waals surface area contributed by atoms with Crippen LogP contribution in [0.2, 0.25) is 0 Å². The zero-order valence-corrected chi connectivity index (χ0v) is 12.9. The third-order valence-corrected chi connectivity index (χ3v) is 4.57. The molecule has 116 valence electrons. The molecule has 3 heterocycles. The molecule has 1 fully saturated rings. The van der Waals surface area contributed by atoms with Gasteiger partial charge in [-0.05, 0) is 25.8 Å². The van der Waals surface area contributed by atoms with E-state index in [1.807, 2.05) is 17.2 Å². The van der Waals surface area contributed by atoms with Crippen LogP contribution in [0.15, 0.2) is 12.3 Å². The molecule has 5 heteroatoms. The fraction of sp³-hybridized carbons (Fsp3) is 0.688. The molecular formula is C16H25N3O2. The zero-order chi connectivity index (χ0) is 14.7. The molecule has 1 aromatic heterocycles. The van der Waals surface area contributed by atoms with E-state index in [2.05, 4.69) is 16.4 Å². The number of hydrogen-bond acceptors (Lipinski definition) is 3. The summed E-state index contributed by atoms with van der Waals surface area (Å²) < 4.78 is 7.58. The molecule has 1 saturated heterocycles. The Morgan fingerprint density at radius 1 is 1.19 bits per heavy atom. The fourth-order valence-electron chi connectivity index (χ4n) is 3.28. The second-order valence-corrected chi connectivity index (χ2v) is 5.81. The summed E-state index contributed by atoms with van der Waals surface area (Å²) in [6.45, 7) is 9.34. The molecule has 2 aliphatic heterocycles. The standard InChI is InChI=1S/C16H25N3O2/c1-2-18-7-5-14-15(18)4-3-6-19(16(14)20)9-8-17-10-12-21-13-11-17/h5,7H,2-4,6,8-13H2,1H3. The van der Waals surface area contributed by atoms with E-state index in [1.54, 1.807) is 0 Å². The number of rotatable bonds is 4. The zero-order valence-electron chi connectivity index (χ0n) is 12.9. The van der Waals surface area contributed by atoms with Crippen molar-refractivity contribution in [3.8, 4) is 0 Å². The molecule has 1 amide bonds. The van der Waals surface area contributed by atoms with Gasteiger partial charge < -0.3 is 14.2 Å². The van der Waals surface area contributed by atoms with Crippen LogP contribution in [-0.4, -0.2) is 66.2 Å². The van der Waals surface area contributed by atoms with Gasteiger partial charge in [-0.3, -0.25) is 9.69 Å². The van der Waals surface area contributed by atoms with Crippen LogP contribution in [0.3, 0.4) is 0 Å². The number of aromatic nitrogens is 1. The lowest BCUT2D eigenvalue weighted by Crippen LogP contribution is -2.43. The highest BCUT2D eigenvalue weighted by Gasteiger charge is 2.25. The third-order valence-electron chi connectivity index (χ3n) is 4.57. The van der Waals surface area contributed by atoms with Crippen LogP contribution in [0.1, 0.15) is 29.4 Å². The lowest BCUT2D eigenvalue weighted by molar-refractivity contribution is 0.0326. The number of aryl methyl sites for hydroxylation is 1. The van der Waals surface area contributed by atoms with Crippen molar-refractivity contribution in [3.63, 3.8) is 0 Å². The average molecular weight is 291 g/mol. The number of carbonyl (C=O) groups is 1. The van der Waals surface area contributed by atoms with Crippen LogP contribution in [0.25, 0.3) is 0 Å². The van der Waals surface area contributed by atoms with Crippen molar-refractivity contribution in [2.24, 2.45) is 0 Å². The van der Waals surface area contributed by atoms with Gasteiger partial charge >= 0.3 is 0 Å². The van der Waals surface area contributed by atoms with Crippen molar-refractivity contribution in [2.45, 2.75) is 26.3 Å². The van der Waals surface area contributed by atoms with Crippen molar-refractivity contribution in [3.05, 3.63) is 23.5 Å². The van der Waals surface area contributed by atoms with Gasteiger partial charge in [0, 0.05) is 51.2 Å². The summed E-state index contributed by atoms with van der Waals surface area (Å²) in [5, 5.41) is 0. The first-order chi connectivity index (χ1) is 10.3. The number of amides is 1. The molecular weight excluding hydrogens is 266 g/mol. The number of morpholine rings is 1. The molecule has 1 aromatic rings. The van der Waals surface area contributed by atoms with Gasteiger partial charge in [0.15, 0.2) is 0 Å². The first-order valence-electron chi connectivity index (χ1n) is 8.07. The molecule has 0 radical (unpaired) electrons. The first-order valence-corrected chi connectivity index (χ1v) is 8.07. The van der Waals surface area contributed by atoms with E-state index in [0.29, 0.717) is 0 Å². The lowest BCUT2D eigenvalue weighted by Gasteiger charge is -2.29. The monoisotopic (exact) mass is 291 g/mol. The molecule has 3 rings (SSSR count). The molecule has 0 aliphatic carbocycles. The van der Waals surface area contributed by atoms with Crippen molar-refractivity contribution in [1.82, 2.24) is 14.4 Å². The molecule has 2 aliphatic rings. The minimum atomic E-state index is 0.211. The first kappa shape index (κ1) is 14.6. The van der Waals surface area contributed by atoms with Crippen molar-refractivity contribution in [2.75, 3.05) is 45.9 Å². The highest BCUT2D eigenvalue weighted by molar-refractivity contribution is 5.95. The summed E-state index contributed by atoms with van der Waals surface area (Å²) in [4.78, 5) is 17.1. The highest BCUT2D eigenvalue weighted by Crippen LogP contribution is 2.20. The van der Waals surface area contributed by atoms with Gasteiger partial charge in [0.25, 0.3) is 5.91 Å². The number of nitrogens with zero attached hydrogens (tertiary/aromatic N) is 3. The Hall–Kier alpha value is -1.33. The maximum atomic E-state index is 12.7. The largest absolute Gasteiger partial charge is 0.379 e. The summed E-state index contributed by atoms with van der Waals surface area (Å²) in [5.41, 5.74) is 2.13. The predicted octanol–water partition coefficient (Wildman–Crippen LogP) is 1.23. The SMILES string of the molecule is CCn1ccc2c1CCCN(CCN1CCOCC1)C2=O. The molecule has 0 bridgehead atoms. The van der Waals surface area contributed by atoms with Gasteiger partial charge in [0.1, 0.15) is 0 Å². The Labute approximate surface area is 126 Å². The van der Waals surface area contributed by atoms with E-state index < -0.39 is 0 Å². The van der Waals surface area contributed by atoms with Gasteiger partial charge in [-0.15, -0.1) is 0 Å². The summed E-state index contributed by atoms with van der Waals surface area (Å²) in [5.74, 6) is 0.211. The minimum Gasteiger partial charge on any atom is -0.379 e. The van der Waals surface area contributed by atoms with Crippen LogP contribution in [0.4, 0.5) is 0 Å². The highest BCUT2D eigenvalue weighted by atomic mass is 16.5. The van der Waals surface area contributed by atoms with E-state index >= 15 is 0 Å². The Morgan fingerprint density at radius 3 is 2.76 bits per heavy atom.